The van der Waals surface area contributed by atoms with E-state index >= 15 is 0 Å². The van der Waals surface area contributed by atoms with Crippen LogP contribution in [0.2, 0.25) is 0 Å². The van der Waals surface area contributed by atoms with Crippen LogP contribution in [-0.2, 0) is 0 Å². The van der Waals surface area contributed by atoms with Crippen LogP contribution >= 0.6 is 0 Å². The van der Waals surface area contributed by atoms with Crippen LogP contribution in [0, 0.1) is 0 Å². The number of benzene rings is 1. The van der Waals surface area contributed by atoms with Crippen LogP contribution in [0.4, 0.5) is 11.5 Å². The smallest absolute Gasteiger partial charge is 0.274 e. The summed E-state index contributed by atoms with van der Waals surface area (Å²) >= 11 is 0. The quantitative estimate of drug-likeness (QED) is 0.753. The summed E-state index contributed by atoms with van der Waals surface area (Å²) in [7, 11) is 0. The lowest BCUT2D eigenvalue weighted by molar-refractivity contribution is 0.0740. The van der Waals surface area contributed by atoms with E-state index in [0.29, 0.717) is 18.8 Å². The number of nitrogens with zero attached hydrogens (tertiary/aromatic N) is 5. The first-order valence-electron chi connectivity index (χ1n) is 9.89. The van der Waals surface area contributed by atoms with Crippen molar-refractivity contribution >= 4 is 17.4 Å². The molecule has 0 atom stereocenters. The van der Waals surface area contributed by atoms with Gasteiger partial charge in [0.1, 0.15) is 11.5 Å². The lowest BCUT2D eigenvalue weighted by atomic mass is 10.2. The zero-order valence-corrected chi connectivity index (χ0v) is 16.3. The standard InChI is InChI=1S/C21H29N5O/c1-3-10-25(11-4-2)20-17-22-19(16-23-20)21(27)26-14-12-24(13-15-26)18-8-6-5-7-9-18/h5-9,16-17H,3-4,10-15H2,1-2H3. The number of carbonyl (C=O) groups excluding carboxylic acids is 1. The van der Waals surface area contributed by atoms with Crippen molar-refractivity contribution in [3.05, 3.63) is 48.4 Å². The highest BCUT2D eigenvalue weighted by atomic mass is 16.2. The van der Waals surface area contributed by atoms with Gasteiger partial charge in [0.25, 0.3) is 5.91 Å². The summed E-state index contributed by atoms with van der Waals surface area (Å²) in [6, 6.07) is 10.3. The van der Waals surface area contributed by atoms with Crippen molar-refractivity contribution in [2.45, 2.75) is 26.7 Å². The van der Waals surface area contributed by atoms with Gasteiger partial charge in [-0.25, -0.2) is 9.97 Å². The Morgan fingerprint density at radius 1 is 0.963 bits per heavy atom. The molecule has 3 rings (SSSR count). The Hall–Kier alpha value is -2.63. The van der Waals surface area contributed by atoms with E-state index in [4.69, 9.17) is 0 Å². The number of anilines is 2. The highest BCUT2D eigenvalue weighted by Gasteiger charge is 2.23. The van der Waals surface area contributed by atoms with E-state index in [9.17, 15) is 4.79 Å². The summed E-state index contributed by atoms with van der Waals surface area (Å²) < 4.78 is 0. The lowest BCUT2D eigenvalue weighted by Crippen LogP contribution is -2.49. The molecular formula is C21H29N5O. The van der Waals surface area contributed by atoms with Crippen LogP contribution in [-0.4, -0.2) is 60.0 Å². The van der Waals surface area contributed by atoms with E-state index in [2.05, 4.69) is 45.7 Å². The molecule has 0 N–H and O–H groups in total. The number of para-hydroxylation sites is 1. The van der Waals surface area contributed by atoms with Gasteiger partial charge in [0.05, 0.1) is 12.4 Å². The van der Waals surface area contributed by atoms with E-state index in [1.807, 2.05) is 23.1 Å². The van der Waals surface area contributed by atoms with Gasteiger partial charge in [-0.1, -0.05) is 32.0 Å². The Morgan fingerprint density at radius 3 is 2.19 bits per heavy atom. The molecule has 0 radical (unpaired) electrons. The third kappa shape index (κ3) is 4.76. The van der Waals surface area contributed by atoms with Gasteiger partial charge >= 0.3 is 0 Å². The molecule has 1 aromatic heterocycles. The molecule has 27 heavy (non-hydrogen) atoms. The molecule has 0 bridgehead atoms. The Balaban J connectivity index is 1.60. The monoisotopic (exact) mass is 367 g/mol. The van der Waals surface area contributed by atoms with Crippen LogP contribution in [0.5, 0.6) is 0 Å². The number of rotatable bonds is 7. The summed E-state index contributed by atoms with van der Waals surface area (Å²) in [5.41, 5.74) is 1.64. The van der Waals surface area contributed by atoms with Crippen LogP contribution in [0.3, 0.4) is 0 Å². The first-order chi connectivity index (χ1) is 13.2. The number of amides is 1. The van der Waals surface area contributed by atoms with Crippen molar-refractivity contribution in [1.29, 1.82) is 0 Å². The van der Waals surface area contributed by atoms with Crippen LogP contribution in [0.25, 0.3) is 0 Å². The molecule has 0 saturated carbocycles. The molecule has 1 fully saturated rings. The number of hydrogen-bond acceptors (Lipinski definition) is 5. The molecule has 2 aromatic rings. The van der Waals surface area contributed by atoms with Crippen molar-refractivity contribution in [3.63, 3.8) is 0 Å². The topological polar surface area (TPSA) is 52.6 Å². The predicted octanol–water partition coefficient (Wildman–Crippen LogP) is 3.07. The molecule has 2 heterocycles. The van der Waals surface area contributed by atoms with E-state index in [0.717, 1.165) is 44.8 Å². The maximum atomic E-state index is 12.8. The SMILES string of the molecule is CCCN(CCC)c1cnc(C(=O)N2CCN(c3ccccc3)CC2)cn1. The maximum Gasteiger partial charge on any atom is 0.274 e. The molecule has 1 saturated heterocycles. The Morgan fingerprint density at radius 2 is 1.63 bits per heavy atom. The van der Waals surface area contributed by atoms with Crippen LogP contribution < -0.4 is 9.80 Å². The third-order valence-corrected chi connectivity index (χ3v) is 4.86. The highest BCUT2D eigenvalue weighted by Crippen LogP contribution is 2.17. The predicted molar refractivity (Wildman–Crippen MR) is 109 cm³/mol. The second-order valence-corrected chi connectivity index (χ2v) is 6.86. The van der Waals surface area contributed by atoms with Crippen LogP contribution in [0.1, 0.15) is 37.2 Å². The molecule has 6 nitrogen and oxygen atoms in total. The average Bonchev–Trinajstić information content (AvgIpc) is 2.74. The highest BCUT2D eigenvalue weighted by molar-refractivity contribution is 5.92. The van der Waals surface area contributed by atoms with Gasteiger partial charge in [-0.3, -0.25) is 4.79 Å². The summed E-state index contributed by atoms with van der Waals surface area (Å²) in [5.74, 6) is 0.823. The summed E-state index contributed by atoms with van der Waals surface area (Å²) in [4.78, 5) is 28.1. The summed E-state index contributed by atoms with van der Waals surface area (Å²) in [6.45, 7) is 9.30. The number of piperazine rings is 1. The van der Waals surface area contributed by atoms with Crippen molar-refractivity contribution in [3.8, 4) is 0 Å². The van der Waals surface area contributed by atoms with Gasteiger partial charge in [-0.05, 0) is 25.0 Å². The Labute approximate surface area is 161 Å². The van der Waals surface area contributed by atoms with Gasteiger partial charge in [0, 0.05) is 45.0 Å². The molecule has 1 aromatic carbocycles. The second kappa shape index (κ2) is 9.35. The lowest BCUT2D eigenvalue weighted by Gasteiger charge is -2.36. The van der Waals surface area contributed by atoms with Gasteiger partial charge in [-0.15, -0.1) is 0 Å². The molecular weight excluding hydrogens is 338 g/mol. The normalized spacial score (nSPS) is 14.3. The minimum Gasteiger partial charge on any atom is -0.368 e. The Kier molecular flexibility index (Phi) is 6.63. The van der Waals surface area contributed by atoms with Crippen molar-refractivity contribution in [2.75, 3.05) is 49.1 Å². The molecule has 1 aliphatic heterocycles. The zero-order chi connectivity index (χ0) is 19.1. The van der Waals surface area contributed by atoms with E-state index < -0.39 is 0 Å². The number of carbonyl (C=O) groups is 1. The molecule has 6 heteroatoms. The largest absolute Gasteiger partial charge is 0.368 e. The molecule has 1 amide bonds. The number of aromatic nitrogens is 2. The average molecular weight is 367 g/mol. The first-order valence-corrected chi connectivity index (χ1v) is 9.89. The molecule has 1 aliphatic rings. The first kappa shape index (κ1) is 19.1. The molecule has 0 aliphatic carbocycles. The summed E-state index contributed by atoms with van der Waals surface area (Å²) in [6.07, 6.45) is 5.49. The Bertz CT molecular complexity index is 705. The van der Waals surface area contributed by atoms with E-state index in [1.54, 1.807) is 12.4 Å². The minimum atomic E-state index is -0.0284. The number of hydrogen-bond donors (Lipinski definition) is 0. The van der Waals surface area contributed by atoms with Gasteiger partial charge in [0.15, 0.2) is 0 Å². The molecule has 0 unspecified atom stereocenters. The van der Waals surface area contributed by atoms with E-state index in [-0.39, 0.29) is 5.91 Å². The third-order valence-electron chi connectivity index (χ3n) is 4.86. The summed E-state index contributed by atoms with van der Waals surface area (Å²) in [5, 5.41) is 0. The fourth-order valence-corrected chi connectivity index (χ4v) is 3.44. The zero-order valence-electron chi connectivity index (χ0n) is 16.3. The van der Waals surface area contributed by atoms with Crippen molar-refractivity contribution in [1.82, 2.24) is 14.9 Å². The van der Waals surface area contributed by atoms with E-state index in [1.165, 1.54) is 5.69 Å². The van der Waals surface area contributed by atoms with Gasteiger partial charge in [0.2, 0.25) is 0 Å². The fraction of sp³-hybridized carbons (Fsp3) is 0.476. The second-order valence-electron chi connectivity index (χ2n) is 6.86. The van der Waals surface area contributed by atoms with Crippen molar-refractivity contribution < 1.29 is 4.79 Å². The maximum absolute atomic E-state index is 12.8. The molecule has 0 spiro atoms. The van der Waals surface area contributed by atoms with Crippen molar-refractivity contribution in [2.24, 2.45) is 0 Å². The van der Waals surface area contributed by atoms with Crippen LogP contribution in [0.15, 0.2) is 42.7 Å². The minimum absolute atomic E-state index is 0.0284. The fourth-order valence-electron chi connectivity index (χ4n) is 3.44. The van der Waals surface area contributed by atoms with Gasteiger partial charge in [-0.2, -0.15) is 0 Å². The molecule has 144 valence electrons. The van der Waals surface area contributed by atoms with Gasteiger partial charge < -0.3 is 14.7 Å².